The van der Waals surface area contributed by atoms with Crippen LogP contribution in [0.3, 0.4) is 0 Å². The Morgan fingerprint density at radius 2 is 1.72 bits per heavy atom. The fourth-order valence-corrected chi connectivity index (χ4v) is 6.55. The van der Waals surface area contributed by atoms with Crippen LogP contribution in [-0.2, 0) is 15.1 Å². The van der Waals surface area contributed by atoms with E-state index in [1.54, 1.807) is 7.11 Å². The summed E-state index contributed by atoms with van der Waals surface area (Å²) in [7, 11) is 1.62. The lowest BCUT2D eigenvalue weighted by molar-refractivity contribution is -0.938. The second-order valence-corrected chi connectivity index (χ2v) is 11.1. The third-order valence-electron chi connectivity index (χ3n) is 8.89. The number of piperidine rings is 4. The van der Waals surface area contributed by atoms with Crippen molar-refractivity contribution >= 4 is 11.8 Å². The summed E-state index contributed by atoms with van der Waals surface area (Å²) >= 11 is 0. The van der Waals surface area contributed by atoms with Gasteiger partial charge in [-0.2, -0.15) is 0 Å². The van der Waals surface area contributed by atoms with E-state index in [9.17, 15) is 9.59 Å². The largest absolute Gasteiger partial charge is 0.497 e. The zero-order valence-corrected chi connectivity index (χ0v) is 21.7. The molecule has 2 aromatic rings. The number of quaternary nitrogens is 1. The first-order valence-electron chi connectivity index (χ1n) is 13.5. The van der Waals surface area contributed by atoms with Gasteiger partial charge in [0.2, 0.25) is 5.78 Å². The van der Waals surface area contributed by atoms with Gasteiger partial charge in [0.1, 0.15) is 24.4 Å². The average Bonchev–Trinajstić information content (AvgIpc) is 2.94. The Morgan fingerprint density at radius 1 is 1.00 bits per heavy atom. The number of esters is 1. The number of carbonyl (C=O) groups is 2. The van der Waals surface area contributed by atoms with Gasteiger partial charge in [-0.05, 0) is 50.6 Å². The summed E-state index contributed by atoms with van der Waals surface area (Å²) in [6, 6.07) is 17.5. The lowest BCUT2D eigenvalue weighted by atomic mass is 9.82. The number of ether oxygens (including phenoxy) is 2. The van der Waals surface area contributed by atoms with Crippen molar-refractivity contribution in [2.24, 2.45) is 5.92 Å². The number of methoxy groups -OCH3 is 1. The molecule has 2 bridgehead atoms. The number of likely N-dealkylation sites (tertiary alicyclic amines) is 1. The summed E-state index contributed by atoms with van der Waals surface area (Å²) in [5.41, 5.74) is 0.884. The van der Waals surface area contributed by atoms with Crippen molar-refractivity contribution < 1.29 is 23.5 Å². The van der Waals surface area contributed by atoms with Crippen LogP contribution < -0.4 is 4.74 Å². The number of hydrogen-bond acceptors (Lipinski definition) is 5. The lowest BCUT2D eigenvalue weighted by Crippen LogP contribution is -2.66. The van der Waals surface area contributed by atoms with Crippen LogP contribution in [0.25, 0.3) is 0 Å². The molecule has 2 aromatic carbocycles. The highest BCUT2D eigenvalue weighted by Crippen LogP contribution is 2.39. The summed E-state index contributed by atoms with van der Waals surface area (Å²) in [6.45, 7) is 6.95. The molecule has 4 heterocycles. The number of hydrogen-bond donors (Lipinski definition) is 0. The monoisotopic (exact) mass is 491 g/mol. The van der Waals surface area contributed by atoms with Crippen molar-refractivity contribution in [1.29, 1.82) is 0 Å². The van der Waals surface area contributed by atoms with E-state index in [1.165, 1.54) is 6.42 Å². The predicted octanol–water partition coefficient (Wildman–Crippen LogP) is 4.43. The number of fused-ring (bicyclic) bond motifs is 3. The maximum atomic E-state index is 14.0. The molecule has 6 rings (SSSR count). The number of rotatable bonds is 8. The van der Waals surface area contributed by atoms with Gasteiger partial charge in [0.05, 0.1) is 20.2 Å². The molecule has 4 saturated heterocycles. The fraction of sp³-hybridized carbons (Fsp3) is 0.533. The molecule has 36 heavy (non-hydrogen) atoms. The van der Waals surface area contributed by atoms with Crippen molar-refractivity contribution in [2.75, 3.05) is 46.4 Å². The number of benzene rings is 2. The highest BCUT2D eigenvalue weighted by molar-refractivity contribution is 5.97. The maximum absolute atomic E-state index is 14.0. The van der Waals surface area contributed by atoms with E-state index in [-0.39, 0.29) is 17.9 Å². The summed E-state index contributed by atoms with van der Waals surface area (Å²) in [5.74, 6) is 1.05. The van der Waals surface area contributed by atoms with Crippen molar-refractivity contribution in [2.45, 2.75) is 50.7 Å². The first-order valence-corrected chi connectivity index (χ1v) is 13.5. The molecule has 4 aliphatic rings. The van der Waals surface area contributed by atoms with Crippen LogP contribution in [-0.4, -0.2) is 73.6 Å². The Kier molecular flexibility index (Phi) is 7.18. The minimum atomic E-state index is -0.797. The van der Waals surface area contributed by atoms with Crippen LogP contribution in [0, 0.1) is 5.92 Å². The molecule has 4 fully saturated rings. The van der Waals surface area contributed by atoms with E-state index in [2.05, 4.69) is 4.90 Å². The van der Waals surface area contributed by atoms with Gasteiger partial charge in [-0.15, -0.1) is 0 Å². The van der Waals surface area contributed by atoms with Gasteiger partial charge in [0.25, 0.3) is 0 Å². The van der Waals surface area contributed by atoms with E-state index in [0.29, 0.717) is 28.3 Å². The molecule has 0 aromatic heterocycles. The summed E-state index contributed by atoms with van der Waals surface area (Å²) < 4.78 is 12.4. The molecule has 0 unspecified atom stereocenters. The van der Waals surface area contributed by atoms with Gasteiger partial charge < -0.3 is 14.0 Å². The minimum absolute atomic E-state index is 0.127. The number of Topliss-reactive ketones (excluding diaryl/α,β-unsaturated/α-hetero) is 1. The van der Waals surface area contributed by atoms with E-state index in [0.717, 1.165) is 64.0 Å². The molecule has 0 N–H and O–H groups in total. The standard InChI is InChI=1S/C30H39N2O4/c1-30(25-11-5-3-6-12-25,31-16-7-4-8-17-31)29(34)36-28-22-32(18-14-23(28)15-19-32)21-27(33)24-10-9-13-26(20-24)35-2/h3,5-6,9-13,20,23,28H,4,7-8,14-19,21-22H2,1-2H3/q+1/t23?,28-,30+,32?/m1/s1. The van der Waals surface area contributed by atoms with Crippen LogP contribution >= 0.6 is 0 Å². The third-order valence-corrected chi connectivity index (χ3v) is 8.89. The number of ketones is 1. The van der Waals surface area contributed by atoms with E-state index in [1.807, 2.05) is 61.5 Å². The minimum Gasteiger partial charge on any atom is -0.497 e. The molecule has 0 saturated carbocycles. The number of carbonyl (C=O) groups excluding carboxylic acids is 2. The first kappa shape index (κ1) is 25.0. The van der Waals surface area contributed by atoms with E-state index < -0.39 is 5.54 Å². The Balaban J connectivity index is 1.33. The second kappa shape index (κ2) is 10.3. The molecule has 192 valence electrons. The zero-order chi connectivity index (χ0) is 25.2. The molecular weight excluding hydrogens is 452 g/mol. The van der Waals surface area contributed by atoms with Gasteiger partial charge in [0.15, 0.2) is 6.10 Å². The average molecular weight is 492 g/mol. The maximum Gasteiger partial charge on any atom is 0.331 e. The molecule has 0 aliphatic carbocycles. The molecule has 4 aliphatic heterocycles. The van der Waals surface area contributed by atoms with Crippen LogP contribution in [0.2, 0.25) is 0 Å². The molecule has 0 spiro atoms. The normalized spacial score (nSPS) is 27.7. The smallest absolute Gasteiger partial charge is 0.331 e. The quantitative estimate of drug-likeness (QED) is 0.311. The molecule has 2 atom stereocenters. The summed E-state index contributed by atoms with van der Waals surface area (Å²) in [4.78, 5) is 29.5. The summed E-state index contributed by atoms with van der Waals surface area (Å²) in [5, 5.41) is 0. The molecule has 6 heteroatoms. The topological polar surface area (TPSA) is 55.8 Å². The molecule has 0 amide bonds. The third kappa shape index (κ3) is 4.81. The van der Waals surface area contributed by atoms with E-state index in [4.69, 9.17) is 9.47 Å². The Hall–Kier alpha value is -2.70. The lowest BCUT2D eigenvalue weighted by Gasteiger charge is -2.52. The van der Waals surface area contributed by atoms with Crippen LogP contribution in [0.1, 0.15) is 54.9 Å². The predicted molar refractivity (Wildman–Crippen MR) is 139 cm³/mol. The van der Waals surface area contributed by atoms with Crippen molar-refractivity contribution in [3.05, 3.63) is 65.7 Å². The van der Waals surface area contributed by atoms with Crippen molar-refractivity contribution in [1.82, 2.24) is 4.90 Å². The molecule has 0 radical (unpaired) electrons. The Morgan fingerprint density at radius 3 is 2.42 bits per heavy atom. The highest BCUT2D eigenvalue weighted by Gasteiger charge is 2.51. The molecule has 6 nitrogen and oxygen atoms in total. The van der Waals surface area contributed by atoms with Crippen LogP contribution in [0.15, 0.2) is 54.6 Å². The number of nitrogens with zero attached hydrogens (tertiary/aromatic N) is 2. The highest BCUT2D eigenvalue weighted by atomic mass is 16.5. The van der Waals surface area contributed by atoms with E-state index >= 15 is 0 Å². The van der Waals surface area contributed by atoms with Crippen molar-refractivity contribution in [3.8, 4) is 5.75 Å². The Bertz CT molecular complexity index is 1070. The first-order chi connectivity index (χ1) is 17.4. The summed E-state index contributed by atoms with van der Waals surface area (Å²) in [6.07, 6.45) is 5.26. The zero-order valence-electron chi connectivity index (χ0n) is 21.7. The van der Waals surface area contributed by atoms with Crippen LogP contribution in [0.4, 0.5) is 0 Å². The van der Waals surface area contributed by atoms with Crippen LogP contribution in [0.5, 0.6) is 5.75 Å². The Labute approximate surface area is 214 Å². The SMILES string of the molecule is COc1cccc(C(=O)C[N+]23CCC(CC2)[C@H](OC(=O)[C@](C)(c2ccccc2)N2CCCCC2)C3)c1. The second-order valence-electron chi connectivity index (χ2n) is 11.1. The van der Waals surface area contributed by atoms with Gasteiger partial charge in [-0.1, -0.05) is 48.9 Å². The van der Waals surface area contributed by atoms with Crippen molar-refractivity contribution in [3.63, 3.8) is 0 Å². The van der Waals surface area contributed by atoms with Gasteiger partial charge in [0, 0.05) is 24.3 Å². The van der Waals surface area contributed by atoms with Gasteiger partial charge in [-0.25, -0.2) is 4.79 Å². The molecular formula is C30H39N2O4+. The van der Waals surface area contributed by atoms with Gasteiger partial charge in [-0.3, -0.25) is 9.69 Å². The fourth-order valence-electron chi connectivity index (χ4n) is 6.55. The van der Waals surface area contributed by atoms with Gasteiger partial charge >= 0.3 is 5.97 Å².